The molecule has 4 aromatic rings. The van der Waals surface area contributed by atoms with Crippen LogP contribution in [0.5, 0.6) is 0 Å². The summed E-state index contributed by atoms with van der Waals surface area (Å²) in [5, 5.41) is 7.36. The molecular formula is C21H22N6O. The van der Waals surface area contributed by atoms with Crippen molar-refractivity contribution in [2.24, 2.45) is 0 Å². The monoisotopic (exact) mass is 374 g/mol. The minimum Gasteiger partial charge on any atom is -0.345 e. The molecule has 0 aliphatic rings. The maximum atomic E-state index is 12.8. The molecule has 4 rings (SSSR count). The number of para-hydroxylation sites is 3. The first-order valence-electron chi connectivity index (χ1n) is 9.09. The minimum atomic E-state index is -0.166. The smallest absolute Gasteiger partial charge is 0.253 e. The van der Waals surface area contributed by atoms with Crippen LogP contribution in [0.1, 0.15) is 21.7 Å². The molecule has 28 heavy (non-hydrogen) atoms. The molecule has 0 saturated heterocycles. The molecule has 0 aliphatic heterocycles. The van der Waals surface area contributed by atoms with Crippen molar-refractivity contribution in [1.29, 1.82) is 0 Å². The van der Waals surface area contributed by atoms with Crippen LogP contribution in [0.4, 0.5) is 0 Å². The maximum Gasteiger partial charge on any atom is 0.253 e. The van der Waals surface area contributed by atoms with Crippen molar-refractivity contribution in [1.82, 2.24) is 30.0 Å². The molecule has 1 amide bonds. The lowest BCUT2D eigenvalue weighted by molar-refractivity contribution is 0.0950. The number of H-pyrrole nitrogens is 1. The number of carbonyl (C=O) groups excluding carboxylic acids is 1. The van der Waals surface area contributed by atoms with Crippen LogP contribution in [-0.2, 0) is 13.1 Å². The molecule has 142 valence electrons. The van der Waals surface area contributed by atoms with Crippen molar-refractivity contribution in [2.75, 3.05) is 14.1 Å². The quantitative estimate of drug-likeness (QED) is 0.544. The molecule has 0 aliphatic carbocycles. The highest BCUT2D eigenvalue weighted by Gasteiger charge is 2.14. The number of aromatic nitrogens is 4. The number of amides is 1. The van der Waals surface area contributed by atoms with E-state index in [2.05, 4.69) is 25.3 Å². The molecule has 0 bridgehead atoms. The van der Waals surface area contributed by atoms with E-state index in [1.807, 2.05) is 69.0 Å². The summed E-state index contributed by atoms with van der Waals surface area (Å²) in [6.45, 7) is 1.12. The average molecular weight is 374 g/mol. The van der Waals surface area contributed by atoms with Crippen LogP contribution in [0.25, 0.3) is 16.7 Å². The van der Waals surface area contributed by atoms with Gasteiger partial charge in [0.05, 0.1) is 35.0 Å². The number of imidazole rings is 1. The lowest BCUT2D eigenvalue weighted by atomic mass is 10.1. The van der Waals surface area contributed by atoms with Crippen LogP contribution < -0.4 is 5.32 Å². The second-order valence-corrected chi connectivity index (χ2v) is 6.93. The zero-order valence-corrected chi connectivity index (χ0v) is 15.9. The Labute approximate surface area is 163 Å². The van der Waals surface area contributed by atoms with Gasteiger partial charge in [0.1, 0.15) is 5.82 Å². The second kappa shape index (κ2) is 7.66. The summed E-state index contributed by atoms with van der Waals surface area (Å²) < 4.78 is 1.74. The Kier molecular flexibility index (Phi) is 4.90. The number of nitrogens with one attached hydrogen (secondary N) is 2. The van der Waals surface area contributed by atoms with Crippen molar-refractivity contribution in [3.63, 3.8) is 0 Å². The highest BCUT2D eigenvalue weighted by atomic mass is 16.1. The molecule has 2 heterocycles. The van der Waals surface area contributed by atoms with E-state index in [9.17, 15) is 4.79 Å². The Morgan fingerprint density at radius 1 is 1.14 bits per heavy atom. The van der Waals surface area contributed by atoms with Crippen LogP contribution in [0.3, 0.4) is 0 Å². The number of benzene rings is 2. The molecule has 2 N–H and O–H groups in total. The summed E-state index contributed by atoms with van der Waals surface area (Å²) in [5.41, 5.74) is 4.24. The minimum absolute atomic E-state index is 0.166. The molecule has 2 aromatic carbocycles. The van der Waals surface area contributed by atoms with Crippen LogP contribution in [0.2, 0.25) is 0 Å². The SMILES string of the molecule is CN(C)Cc1cnn(-c2ccccc2C(=O)NCc2nc3ccccc3[nH]2)c1. The summed E-state index contributed by atoms with van der Waals surface area (Å²) in [5.74, 6) is 0.556. The maximum absolute atomic E-state index is 12.8. The number of fused-ring (bicyclic) bond motifs is 1. The first kappa shape index (κ1) is 17.9. The van der Waals surface area contributed by atoms with E-state index in [1.165, 1.54) is 0 Å². The van der Waals surface area contributed by atoms with Crippen LogP contribution in [-0.4, -0.2) is 44.7 Å². The van der Waals surface area contributed by atoms with Gasteiger partial charge in [-0.3, -0.25) is 4.79 Å². The Balaban J connectivity index is 1.52. The average Bonchev–Trinajstić information content (AvgIpc) is 3.32. The Bertz CT molecular complexity index is 1080. The lowest BCUT2D eigenvalue weighted by Crippen LogP contribution is -2.24. The van der Waals surface area contributed by atoms with E-state index in [4.69, 9.17) is 0 Å². The molecule has 0 saturated carbocycles. The number of carbonyl (C=O) groups is 1. The summed E-state index contributed by atoms with van der Waals surface area (Å²) in [6, 6.07) is 15.2. The highest BCUT2D eigenvalue weighted by Crippen LogP contribution is 2.16. The number of nitrogens with zero attached hydrogens (tertiary/aromatic N) is 4. The lowest BCUT2D eigenvalue weighted by Gasteiger charge is -2.10. The largest absolute Gasteiger partial charge is 0.345 e. The van der Waals surface area contributed by atoms with E-state index in [-0.39, 0.29) is 5.91 Å². The Hall–Kier alpha value is -3.45. The van der Waals surface area contributed by atoms with Crippen molar-refractivity contribution in [2.45, 2.75) is 13.1 Å². The molecule has 0 unspecified atom stereocenters. The van der Waals surface area contributed by atoms with Gasteiger partial charge in [-0.1, -0.05) is 24.3 Å². The van der Waals surface area contributed by atoms with Gasteiger partial charge in [-0.15, -0.1) is 0 Å². The van der Waals surface area contributed by atoms with E-state index in [1.54, 1.807) is 10.7 Å². The molecule has 7 heteroatoms. The number of aromatic amines is 1. The summed E-state index contributed by atoms with van der Waals surface area (Å²) in [6.07, 6.45) is 3.77. The summed E-state index contributed by atoms with van der Waals surface area (Å²) in [4.78, 5) is 22.6. The fraction of sp³-hybridized carbons (Fsp3) is 0.190. The van der Waals surface area contributed by atoms with Crippen molar-refractivity contribution < 1.29 is 4.79 Å². The molecule has 2 aromatic heterocycles. The van der Waals surface area contributed by atoms with Crippen LogP contribution in [0.15, 0.2) is 60.9 Å². The Morgan fingerprint density at radius 3 is 2.75 bits per heavy atom. The van der Waals surface area contributed by atoms with Gasteiger partial charge in [-0.25, -0.2) is 9.67 Å². The van der Waals surface area contributed by atoms with Crippen molar-refractivity contribution >= 4 is 16.9 Å². The van der Waals surface area contributed by atoms with E-state index in [0.29, 0.717) is 12.1 Å². The first-order chi connectivity index (χ1) is 13.6. The summed E-state index contributed by atoms with van der Waals surface area (Å²) in [7, 11) is 4.02. The number of hydrogen-bond acceptors (Lipinski definition) is 4. The highest BCUT2D eigenvalue weighted by molar-refractivity contribution is 5.97. The zero-order chi connectivity index (χ0) is 19.5. The number of rotatable bonds is 6. The third kappa shape index (κ3) is 3.79. The third-order valence-corrected chi connectivity index (χ3v) is 4.39. The molecular weight excluding hydrogens is 352 g/mol. The molecule has 0 fully saturated rings. The topological polar surface area (TPSA) is 78.8 Å². The van der Waals surface area contributed by atoms with E-state index < -0.39 is 0 Å². The number of hydrogen-bond donors (Lipinski definition) is 2. The fourth-order valence-electron chi connectivity index (χ4n) is 3.15. The molecule has 0 spiro atoms. The molecule has 0 radical (unpaired) electrons. The van der Waals surface area contributed by atoms with Crippen LogP contribution >= 0.6 is 0 Å². The van der Waals surface area contributed by atoms with Crippen molar-refractivity contribution in [3.05, 3.63) is 77.9 Å². The van der Waals surface area contributed by atoms with Crippen LogP contribution in [0, 0.1) is 0 Å². The normalized spacial score (nSPS) is 11.2. The van der Waals surface area contributed by atoms with Gasteiger partial charge in [0.25, 0.3) is 5.91 Å². The van der Waals surface area contributed by atoms with E-state index >= 15 is 0 Å². The molecule has 7 nitrogen and oxygen atoms in total. The predicted octanol–water partition coefficient (Wildman–Crippen LogP) is 2.74. The molecule has 0 atom stereocenters. The second-order valence-electron chi connectivity index (χ2n) is 6.93. The van der Waals surface area contributed by atoms with Gasteiger partial charge < -0.3 is 15.2 Å². The fourth-order valence-corrected chi connectivity index (χ4v) is 3.15. The van der Waals surface area contributed by atoms with Crippen molar-refractivity contribution in [3.8, 4) is 5.69 Å². The zero-order valence-electron chi connectivity index (χ0n) is 15.9. The van der Waals surface area contributed by atoms with Gasteiger partial charge in [0.15, 0.2) is 0 Å². The van der Waals surface area contributed by atoms with Gasteiger partial charge in [0, 0.05) is 18.3 Å². The van der Waals surface area contributed by atoms with Gasteiger partial charge in [-0.2, -0.15) is 5.10 Å². The van der Waals surface area contributed by atoms with Gasteiger partial charge >= 0.3 is 0 Å². The summed E-state index contributed by atoms with van der Waals surface area (Å²) >= 11 is 0. The van der Waals surface area contributed by atoms with E-state index in [0.717, 1.165) is 34.7 Å². The standard InChI is InChI=1S/C21H22N6O/c1-26(2)13-15-11-23-27(14-15)19-10-6-3-7-16(19)21(28)22-12-20-24-17-8-4-5-9-18(17)25-20/h3-11,14H,12-13H2,1-2H3,(H,22,28)(H,24,25). The Morgan fingerprint density at radius 2 is 1.93 bits per heavy atom. The first-order valence-corrected chi connectivity index (χ1v) is 9.09. The predicted molar refractivity (Wildman–Crippen MR) is 108 cm³/mol. The third-order valence-electron chi connectivity index (χ3n) is 4.39. The van der Waals surface area contributed by atoms with Gasteiger partial charge in [-0.05, 0) is 38.4 Å². The van der Waals surface area contributed by atoms with Gasteiger partial charge in [0.2, 0.25) is 0 Å².